The molecular formula is C26H30ClN3O4. The van der Waals surface area contributed by atoms with Crippen molar-refractivity contribution >= 4 is 29.1 Å². The number of benzene rings is 2. The van der Waals surface area contributed by atoms with Crippen LogP contribution in [0.15, 0.2) is 54.1 Å². The number of ketones is 1. The summed E-state index contributed by atoms with van der Waals surface area (Å²) in [5.41, 5.74) is 1.27. The molecule has 2 aromatic rings. The second kappa shape index (κ2) is 10.6. The highest BCUT2D eigenvalue weighted by molar-refractivity contribution is 6.46. The van der Waals surface area contributed by atoms with Crippen molar-refractivity contribution in [1.82, 2.24) is 15.1 Å². The molecule has 4 rings (SSSR count). The van der Waals surface area contributed by atoms with Crippen LogP contribution in [-0.4, -0.2) is 72.0 Å². The number of amides is 1. The highest BCUT2D eigenvalue weighted by Gasteiger charge is 2.46. The molecule has 2 saturated heterocycles. The molecule has 0 radical (unpaired) electrons. The molecule has 180 valence electrons. The highest BCUT2D eigenvalue weighted by Crippen LogP contribution is 2.39. The van der Waals surface area contributed by atoms with Crippen molar-refractivity contribution in [3.8, 4) is 5.75 Å². The summed E-state index contributed by atoms with van der Waals surface area (Å²) in [5.74, 6) is -0.812. The molecule has 1 amide bonds. The molecular weight excluding hydrogens is 454 g/mol. The Labute approximate surface area is 205 Å². The predicted octanol–water partition coefficient (Wildman–Crippen LogP) is 3.45. The molecule has 2 aliphatic rings. The van der Waals surface area contributed by atoms with Gasteiger partial charge in [0.15, 0.2) is 0 Å². The number of Topliss-reactive ketones (excluding diaryl/α,β-unsaturated/α-hetero) is 1. The average Bonchev–Trinajstić information content (AvgIpc) is 3.08. The van der Waals surface area contributed by atoms with Gasteiger partial charge in [-0.25, -0.2) is 0 Å². The topological polar surface area (TPSA) is 82.1 Å². The molecule has 2 N–H and O–H groups in total. The van der Waals surface area contributed by atoms with Gasteiger partial charge in [0.2, 0.25) is 0 Å². The fourth-order valence-corrected chi connectivity index (χ4v) is 4.53. The van der Waals surface area contributed by atoms with Gasteiger partial charge in [0.05, 0.1) is 17.7 Å². The zero-order valence-corrected chi connectivity index (χ0v) is 20.2. The van der Waals surface area contributed by atoms with Crippen molar-refractivity contribution in [1.29, 1.82) is 0 Å². The molecule has 1 unspecified atom stereocenters. The number of hydrogen-bond donors (Lipinski definition) is 2. The molecule has 0 spiro atoms. The van der Waals surface area contributed by atoms with Crippen LogP contribution in [0, 0.1) is 0 Å². The Morgan fingerprint density at radius 2 is 1.71 bits per heavy atom. The zero-order valence-electron chi connectivity index (χ0n) is 19.5. The Morgan fingerprint density at radius 3 is 2.32 bits per heavy atom. The predicted molar refractivity (Wildman–Crippen MR) is 132 cm³/mol. The Hall–Kier alpha value is -2.87. The van der Waals surface area contributed by atoms with Gasteiger partial charge in [0.25, 0.3) is 11.7 Å². The number of piperazine rings is 1. The molecule has 0 saturated carbocycles. The van der Waals surface area contributed by atoms with E-state index in [2.05, 4.69) is 10.2 Å². The van der Waals surface area contributed by atoms with Crippen molar-refractivity contribution in [2.24, 2.45) is 0 Å². The number of likely N-dealkylation sites (tertiary alicyclic amines) is 1. The standard InChI is InChI=1S/C26H30ClN3O4/c1-17(2)34-21-9-5-19(6-10-21)24(31)22-23(18-3-7-20(27)8-4-18)30(26(33)25(22)32)16-15-29-13-11-28-12-14-29/h3-10,17,23,28,31H,11-16H2,1-2H3/b24-22+. The molecule has 34 heavy (non-hydrogen) atoms. The third kappa shape index (κ3) is 5.27. The van der Waals surface area contributed by atoms with Gasteiger partial charge >= 0.3 is 0 Å². The van der Waals surface area contributed by atoms with E-state index in [0.29, 0.717) is 29.4 Å². The summed E-state index contributed by atoms with van der Waals surface area (Å²) in [6.45, 7) is 8.48. The van der Waals surface area contributed by atoms with Crippen molar-refractivity contribution in [2.75, 3.05) is 39.3 Å². The maximum absolute atomic E-state index is 13.2. The van der Waals surface area contributed by atoms with Crippen molar-refractivity contribution in [2.45, 2.75) is 26.0 Å². The van der Waals surface area contributed by atoms with Crippen LogP contribution in [0.2, 0.25) is 5.02 Å². The average molecular weight is 484 g/mol. The fourth-order valence-electron chi connectivity index (χ4n) is 4.41. The minimum atomic E-state index is -0.688. The number of halogens is 1. The van der Waals surface area contributed by atoms with Crippen LogP contribution in [0.25, 0.3) is 5.76 Å². The van der Waals surface area contributed by atoms with Crippen LogP contribution >= 0.6 is 11.6 Å². The summed E-state index contributed by atoms with van der Waals surface area (Å²) in [5, 5.41) is 15.1. The van der Waals surface area contributed by atoms with Crippen LogP contribution < -0.4 is 10.1 Å². The summed E-state index contributed by atoms with van der Waals surface area (Å²) in [4.78, 5) is 30.1. The Morgan fingerprint density at radius 1 is 1.06 bits per heavy atom. The van der Waals surface area contributed by atoms with Gasteiger partial charge in [-0.2, -0.15) is 0 Å². The van der Waals surface area contributed by atoms with E-state index in [1.54, 1.807) is 53.4 Å². The number of aliphatic hydroxyl groups excluding tert-OH is 1. The lowest BCUT2D eigenvalue weighted by Gasteiger charge is -2.31. The first-order valence-electron chi connectivity index (χ1n) is 11.6. The first-order valence-corrected chi connectivity index (χ1v) is 12.0. The van der Waals surface area contributed by atoms with Gasteiger partial charge in [-0.15, -0.1) is 0 Å². The van der Waals surface area contributed by atoms with Gasteiger partial charge < -0.3 is 20.1 Å². The Kier molecular flexibility index (Phi) is 7.56. The number of rotatable bonds is 7. The third-order valence-corrected chi connectivity index (χ3v) is 6.34. The molecule has 0 bridgehead atoms. The first kappa shape index (κ1) is 24.3. The lowest BCUT2D eigenvalue weighted by atomic mass is 9.95. The van der Waals surface area contributed by atoms with E-state index in [1.807, 2.05) is 13.8 Å². The summed E-state index contributed by atoms with van der Waals surface area (Å²) in [7, 11) is 0. The SMILES string of the molecule is CC(C)Oc1ccc(/C(O)=C2\C(=O)C(=O)N(CCN3CCNCC3)C2c2ccc(Cl)cc2)cc1. The number of nitrogens with zero attached hydrogens (tertiary/aromatic N) is 2. The number of hydrogen-bond acceptors (Lipinski definition) is 6. The van der Waals surface area contributed by atoms with Crippen molar-refractivity contribution in [3.63, 3.8) is 0 Å². The molecule has 0 aromatic heterocycles. The van der Waals surface area contributed by atoms with E-state index in [1.165, 1.54) is 0 Å². The molecule has 2 heterocycles. The van der Waals surface area contributed by atoms with E-state index < -0.39 is 17.7 Å². The van der Waals surface area contributed by atoms with Crippen LogP contribution in [0.4, 0.5) is 0 Å². The van der Waals surface area contributed by atoms with Gasteiger partial charge in [-0.05, 0) is 55.8 Å². The largest absolute Gasteiger partial charge is 0.507 e. The number of ether oxygens (including phenoxy) is 1. The summed E-state index contributed by atoms with van der Waals surface area (Å²) >= 11 is 6.09. The summed E-state index contributed by atoms with van der Waals surface area (Å²) < 4.78 is 5.67. The Balaban J connectivity index is 1.69. The summed E-state index contributed by atoms with van der Waals surface area (Å²) in [6, 6.07) is 13.2. The number of aliphatic hydroxyl groups is 1. The quantitative estimate of drug-likeness (QED) is 0.356. The molecule has 2 fully saturated rings. The zero-order chi connectivity index (χ0) is 24.2. The normalized spacial score (nSPS) is 20.8. The van der Waals surface area contributed by atoms with E-state index >= 15 is 0 Å². The molecule has 1 atom stereocenters. The van der Waals surface area contributed by atoms with Crippen LogP contribution in [-0.2, 0) is 9.59 Å². The summed E-state index contributed by atoms with van der Waals surface area (Å²) in [6.07, 6.45) is 0.0189. The monoisotopic (exact) mass is 483 g/mol. The van der Waals surface area contributed by atoms with Gasteiger partial charge in [0, 0.05) is 49.9 Å². The minimum absolute atomic E-state index is 0.0189. The lowest BCUT2D eigenvalue weighted by Crippen LogP contribution is -2.46. The van der Waals surface area contributed by atoms with Crippen molar-refractivity contribution in [3.05, 3.63) is 70.3 Å². The maximum Gasteiger partial charge on any atom is 0.295 e. The maximum atomic E-state index is 13.2. The third-order valence-electron chi connectivity index (χ3n) is 6.09. The second-order valence-corrected chi connectivity index (χ2v) is 9.26. The van der Waals surface area contributed by atoms with Crippen LogP contribution in [0.3, 0.4) is 0 Å². The van der Waals surface area contributed by atoms with E-state index in [-0.39, 0.29) is 17.4 Å². The highest BCUT2D eigenvalue weighted by atomic mass is 35.5. The van der Waals surface area contributed by atoms with E-state index in [9.17, 15) is 14.7 Å². The van der Waals surface area contributed by atoms with E-state index in [0.717, 1.165) is 31.7 Å². The molecule has 7 nitrogen and oxygen atoms in total. The number of nitrogens with one attached hydrogen (secondary N) is 1. The van der Waals surface area contributed by atoms with Gasteiger partial charge in [-0.3, -0.25) is 14.5 Å². The van der Waals surface area contributed by atoms with Crippen molar-refractivity contribution < 1.29 is 19.4 Å². The second-order valence-electron chi connectivity index (χ2n) is 8.83. The Bertz CT molecular complexity index is 1060. The molecule has 2 aliphatic heterocycles. The van der Waals surface area contributed by atoms with Crippen LogP contribution in [0.5, 0.6) is 5.75 Å². The van der Waals surface area contributed by atoms with E-state index in [4.69, 9.17) is 16.3 Å². The number of carbonyl (C=O) groups is 2. The first-order chi connectivity index (χ1) is 16.3. The fraction of sp³-hybridized carbons (Fsp3) is 0.385. The molecule has 2 aromatic carbocycles. The number of carbonyl (C=O) groups excluding carboxylic acids is 2. The molecule has 0 aliphatic carbocycles. The van der Waals surface area contributed by atoms with Gasteiger partial charge in [-0.1, -0.05) is 23.7 Å². The minimum Gasteiger partial charge on any atom is -0.507 e. The van der Waals surface area contributed by atoms with Crippen LogP contribution in [0.1, 0.15) is 31.0 Å². The van der Waals surface area contributed by atoms with Gasteiger partial charge in [0.1, 0.15) is 11.5 Å². The lowest BCUT2D eigenvalue weighted by molar-refractivity contribution is -0.140. The smallest absolute Gasteiger partial charge is 0.295 e. The molecule has 8 heteroatoms.